The second-order valence-corrected chi connectivity index (χ2v) is 6.48. The van der Waals surface area contributed by atoms with Gasteiger partial charge in [-0.15, -0.1) is 0 Å². The van der Waals surface area contributed by atoms with Gasteiger partial charge in [0.25, 0.3) is 5.91 Å². The minimum absolute atomic E-state index is 0.235. The number of fused-ring (bicyclic) bond motifs is 1. The standard InChI is InChI=1S/C19H18FN7O/c1-10-18(11(2)26(3)24-10)15-8-16(19(28)23-21)27-17(22-15)9-14(25-27)12-4-6-13(20)7-5-12/h4-9H,21H2,1-3H3,(H,23,28). The number of aromatic nitrogens is 5. The number of nitrogens with two attached hydrogens (primary N) is 1. The van der Waals surface area contributed by atoms with E-state index in [4.69, 9.17) is 5.84 Å². The van der Waals surface area contributed by atoms with Crippen LogP contribution in [0, 0.1) is 19.7 Å². The summed E-state index contributed by atoms with van der Waals surface area (Å²) in [6.45, 7) is 3.82. The van der Waals surface area contributed by atoms with Crippen molar-refractivity contribution in [1.82, 2.24) is 29.8 Å². The van der Waals surface area contributed by atoms with E-state index in [0.717, 1.165) is 17.0 Å². The fourth-order valence-electron chi connectivity index (χ4n) is 3.24. The van der Waals surface area contributed by atoms with Crippen molar-refractivity contribution in [3.8, 4) is 22.5 Å². The van der Waals surface area contributed by atoms with E-state index in [0.29, 0.717) is 22.6 Å². The molecule has 0 saturated carbocycles. The van der Waals surface area contributed by atoms with Crippen LogP contribution in [0.5, 0.6) is 0 Å². The number of amides is 1. The van der Waals surface area contributed by atoms with E-state index >= 15 is 0 Å². The molecule has 3 heterocycles. The van der Waals surface area contributed by atoms with Crippen molar-refractivity contribution in [2.75, 3.05) is 0 Å². The van der Waals surface area contributed by atoms with Crippen LogP contribution in [0.25, 0.3) is 28.2 Å². The lowest BCUT2D eigenvalue weighted by Crippen LogP contribution is -2.32. The fraction of sp³-hybridized carbons (Fsp3) is 0.158. The molecule has 28 heavy (non-hydrogen) atoms. The van der Waals surface area contributed by atoms with Crippen molar-refractivity contribution < 1.29 is 9.18 Å². The Morgan fingerprint density at radius 1 is 1.11 bits per heavy atom. The molecule has 4 aromatic rings. The molecular weight excluding hydrogens is 361 g/mol. The van der Waals surface area contributed by atoms with E-state index in [1.54, 1.807) is 28.9 Å². The Morgan fingerprint density at radius 3 is 2.43 bits per heavy atom. The highest BCUT2D eigenvalue weighted by Gasteiger charge is 2.20. The minimum Gasteiger partial charge on any atom is -0.289 e. The van der Waals surface area contributed by atoms with Crippen molar-refractivity contribution in [2.24, 2.45) is 12.9 Å². The molecule has 0 spiro atoms. The summed E-state index contributed by atoms with van der Waals surface area (Å²) in [5.41, 5.74) is 7.29. The Hall–Kier alpha value is -3.59. The number of benzene rings is 1. The molecule has 0 aliphatic heterocycles. The lowest BCUT2D eigenvalue weighted by Gasteiger charge is -2.07. The molecule has 0 aliphatic carbocycles. The topological polar surface area (TPSA) is 103 Å². The molecule has 4 rings (SSSR count). The predicted octanol–water partition coefficient (Wildman–Crippen LogP) is 2.16. The van der Waals surface area contributed by atoms with Crippen LogP contribution in [-0.2, 0) is 7.05 Å². The fourth-order valence-corrected chi connectivity index (χ4v) is 3.24. The third kappa shape index (κ3) is 2.81. The predicted molar refractivity (Wildman–Crippen MR) is 102 cm³/mol. The minimum atomic E-state index is -0.499. The zero-order chi connectivity index (χ0) is 20.0. The lowest BCUT2D eigenvalue weighted by molar-refractivity contribution is 0.0946. The maximum atomic E-state index is 13.2. The molecule has 1 amide bonds. The number of aryl methyl sites for hydroxylation is 2. The average molecular weight is 379 g/mol. The highest BCUT2D eigenvalue weighted by atomic mass is 19.1. The van der Waals surface area contributed by atoms with Gasteiger partial charge in [-0.05, 0) is 44.2 Å². The van der Waals surface area contributed by atoms with Gasteiger partial charge in [-0.2, -0.15) is 10.2 Å². The molecule has 142 valence electrons. The number of rotatable bonds is 3. The average Bonchev–Trinajstić information content (AvgIpc) is 3.21. The first-order valence-electron chi connectivity index (χ1n) is 8.57. The first kappa shape index (κ1) is 17.8. The number of nitrogens with one attached hydrogen (secondary N) is 1. The number of carbonyl (C=O) groups excluding carboxylic acids is 1. The highest BCUT2D eigenvalue weighted by molar-refractivity contribution is 5.94. The molecule has 9 heteroatoms. The number of nitrogens with zero attached hydrogens (tertiary/aromatic N) is 5. The van der Waals surface area contributed by atoms with Gasteiger partial charge in [0.15, 0.2) is 5.65 Å². The highest BCUT2D eigenvalue weighted by Crippen LogP contribution is 2.28. The first-order valence-corrected chi connectivity index (χ1v) is 8.57. The van der Waals surface area contributed by atoms with Crippen LogP contribution in [0.1, 0.15) is 21.9 Å². The smallest absolute Gasteiger partial charge is 0.283 e. The van der Waals surface area contributed by atoms with E-state index in [1.807, 2.05) is 20.9 Å². The van der Waals surface area contributed by atoms with Crippen LogP contribution in [0.4, 0.5) is 4.39 Å². The third-order valence-corrected chi connectivity index (χ3v) is 4.70. The molecule has 0 radical (unpaired) electrons. The summed E-state index contributed by atoms with van der Waals surface area (Å²) in [6.07, 6.45) is 0. The summed E-state index contributed by atoms with van der Waals surface area (Å²) in [7, 11) is 1.85. The van der Waals surface area contributed by atoms with E-state index < -0.39 is 5.91 Å². The van der Waals surface area contributed by atoms with Gasteiger partial charge < -0.3 is 0 Å². The van der Waals surface area contributed by atoms with Crippen LogP contribution in [0.3, 0.4) is 0 Å². The summed E-state index contributed by atoms with van der Waals surface area (Å²) < 4.78 is 16.4. The van der Waals surface area contributed by atoms with Gasteiger partial charge in [-0.25, -0.2) is 19.7 Å². The molecule has 0 unspecified atom stereocenters. The number of hydrogen-bond donors (Lipinski definition) is 2. The van der Waals surface area contributed by atoms with Gasteiger partial charge in [0, 0.05) is 29.9 Å². The molecule has 8 nitrogen and oxygen atoms in total. The summed E-state index contributed by atoms with van der Waals surface area (Å²) in [6, 6.07) is 9.33. The molecule has 0 saturated heterocycles. The molecular formula is C19H18FN7O. The van der Waals surface area contributed by atoms with Crippen LogP contribution >= 0.6 is 0 Å². The Kier molecular flexibility index (Phi) is 4.16. The maximum Gasteiger partial charge on any atom is 0.283 e. The van der Waals surface area contributed by atoms with Crippen molar-refractivity contribution in [3.05, 3.63) is 59.3 Å². The summed E-state index contributed by atoms with van der Waals surface area (Å²) >= 11 is 0. The van der Waals surface area contributed by atoms with E-state index in [9.17, 15) is 9.18 Å². The second kappa shape index (κ2) is 6.54. The number of nitrogen functional groups attached to an aromatic ring is 1. The number of hydrazine groups is 1. The summed E-state index contributed by atoms with van der Waals surface area (Å²) in [4.78, 5) is 17.1. The van der Waals surface area contributed by atoms with E-state index in [2.05, 4.69) is 20.6 Å². The number of halogens is 1. The summed E-state index contributed by atoms with van der Waals surface area (Å²) in [5, 5.41) is 8.88. The lowest BCUT2D eigenvalue weighted by atomic mass is 10.1. The van der Waals surface area contributed by atoms with Crippen LogP contribution in [0.2, 0.25) is 0 Å². The van der Waals surface area contributed by atoms with Gasteiger partial charge >= 0.3 is 0 Å². The molecule has 3 N–H and O–H groups in total. The van der Waals surface area contributed by atoms with Gasteiger partial charge in [0.2, 0.25) is 0 Å². The van der Waals surface area contributed by atoms with Crippen molar-refractivity contribution in [2.45, 2.75) is 13.8 Å². The van der Waals surface area contributed by atoms with E-state index in [-0.39, 0.29) is 11.5 Å². The zero-order valence-corrected chi connectivity index (χ0v) is 15.6. The Labute approximate surface area is 159 Å². The van der Waals surface area contributed by atoms with Gasteiger partial charge in [-0.3, -0.25) is 14.9 Å². The quantitative estimate of drug-likeness (QED) is 0.323. The Balaban J connectivity index is 1.96. The van der Waals surface area contributed by atoms with Crippen molar-refractivity contribution >= 4 is 11.6 Å². The van der Waals surface area contributed by atoms with Gasteiger partial charge in [0.05, 0.1) is 17.1 Å². The largest absolute Gasteiger partial charge is 0.289 e. The van der Waals surface area contributed by atoms with Crippen molar-refractivity contribution in [3.63, 3.8) is 0 Å². The normalized spacial score (nSPS) is 11.2. The molecule has 0 bridgehead atoms. The van der Waals surface area contributed by atoms with Gasteiger partial charge in [0.1, 0.15) is 11.5 Å². The zero-order valence-electron chi connectivity index (χ0n) is 15.6. The van der Waals surface area contributed by atoms with Crippen LogP contribution < -0.4 is 11.3 Å². The van der Waals surface area contributed by atoms with Gasteiger partial charge in [-0.1, -0.05) is 0 Å². The third-order valence-electron chi connectivity index (χ3n) is 4.70. The molecule has 0 atom stereocenters. The Bertz CT molecular complexity index is 1210. The van der Waals surface area contributed by atoms with Crippen molar-refractivity contribution in [1.29, 1.82) is 0 Å². The number of hydrogen-bond acceptors (Lipinski definition) is 5. The maximum absolute atomic E-state index is 13.2. The first-order chi connectivity index (χ1) is 13.4. The molecule has 1 aromatic carbocycles. The molecule has 3 aromatic heterocycles. The summed E-state index contributed by atoms with van der Waals surface area (Å²) in [5.74, 6) is 4.53. The van der Waals surface area contributed by atoms with Crippen LogP contribution in [-0.4, -0.2) is 30.3 Å². The van der Waals surface area contributed by atoms with Crippen LogP contribution in [0.15, 0.2) is 36.4 Å². The Morgan fingerprint density at radius 2 is 1.82 bits per heavy atom. The monoisotopic (exact) mass is 379 g/mol. The second-order valence-electron chi connectivity index (χ2n) is 6.48. The number of carbonyl (C=O) groups is 1. The van der Waals surface area contributed by atoms with E-state index in [1.165, 1.54) is 16.6 Å². The molecule has 0 aliphatic rings. The molecule has 0 fully saturated rings. The SMILES string of the molecule is Cc1nn(C)c(C)c1-c1cc(C(=O)NN)n2nc(-c3ccc(F)cc3)cc2n1.